The summed E-state index contributed by atoms with van der Waals surface area (Å²) in [7, 11) is 0. The second-order valence-corrected chi connectivity index (χ2v) is 3.04. The van der Waals surface area contributed by atoms with E-state index in [9.17, 15) is 0 Å². The van der Waals surface area contributed by atoms with Gasteiger partial charge in [0.1, 0.15) is 0 Å². The van der Waals surface area contributed by atoms with Crippen molar-refractivity contribution >= 4 is 0 Å². The first kappa shape index (κ1) is 7.40. The molecule has 0 aromatic carbocycles. The molecule has 1 atom stereocenters. The summed E-state index contributed by atoms with van der Waals surface area (Å²) in [5, 5.41) is 11.1. The van der Waals surface area contributed by atoms with Gasteiger partial charge in [0.15, 0.2) is 6.19 Å². The van der Waals surface area contributed by atoms with Crippen molar-refractivity contribution in [1.82, 2.24) is 5.32 Å². The van der Waals surface area contributed by atoms with Crippen LogP contribution in [0.3, 0.4) is 0 Å². The molecule has 0 saturated heterocycles. The fourth-order valence-electron chi connectivity index (χ4n) is 1.17. The summed E-state index contributed by atoms with van der Waals surface area (Å²) >= 11 is 0. The highest BCUT2D eigenvalue weighted by Gasteiger charge is 2.24. The molecule has 56 valence electrons. The highest BCUT2D eigenvalue weighted by atomic mass is 14.9. The van der Waals surface area contributed by atoms with Crippen molar-refractivity contribution in [3.05, 3.63) is 0 Å². The van der Waals surface area contributed by atoms with Crippen molar-refractivity contribution in [2.75, 3.05) is 0 Å². The third-order valence-electron chi connectivity index (χ3n) is 2.08. The molecular weight excluding hydrogens is 124 g/mol. The van der Waals surface area contributed by atoms with Crippen molar-refractivity contribution in [3.8, 4) is 6.19 Å². The average molecular weight is 138 g/mol. The van der Waals surface area contributed by atoms with Crippen LogP contribution in [0.1, 0.15) is 32.6 Å². The van der Waals surface area contributed by atoms with Gasteiger partial charge in [-0.2, -0.15) is 5.26 Å². The van der Waals surface area contributed by atoms with Gasteiger partial charge in [0.25, 0.3) is 0 Å². The quantitative estimate of drug-likeness (QED) is 0.473. The lowest BCUT2D eigenvalue weighted by Crippen LogP contribution is -2.23. The molecule has 0 bridgehead atoms. The van der Waals surface area contributed by atoms with Crippen LogP contribution in [0.5, 0.6) is 0 Å². The van der Waals surface area contributed by atoms with Gasteiger partial charge in [-0.25, -0.2) is 0 Å². The van der Waals surface area contributed by atoms with Crippen LogP contribution in [-0.2, 0) is 0 Å². The van der Waals surface area contributed by atoms with E-state index in [4.69, 9.17) is 5.26 Å². The monoisotopic (exact) mass is 138 g/mol. The fourth-order valence-corrected chi connectivity index (χ4v) is 1.17. The molecule has 1 N–H and O–H groups in total. The highest BCUT2D eigenvalue weighted by Crippen LogP contribution is 2.33. The van der Waals surface area contributed by atoms with E-state index in [0.29, 0.717) is 6.04 Å². The molecule has 1 rings (SSSR count). The Hall–Kier alpha value is -0.710. The minimum Gasteiger partial charge on any atom is -0.321 e. The summed E-state index contributed by atoms with van der Waals surface area (Å²) in [5.41, 5.74) is 0. The molecule has 0 amide bonds. The summed E-state index contributed by atoms with van der Waals surface area (Å²) in [6, 6.07) is 0.442. The van der Waals surface area contributed by atoms with Gasteiger partial charge in [0.2, 0.25) is 0 Å². The summed E-state index contributed by atoms with van der Waals surface area (Å²) in [6.07, 6.45) is 7.03. The lowest BCUT2D eigenvalue weighted by atomic mass is 10.1. The molecule has 0 spiro atoms. The molecular formula is C8H14N2. The van der Waals surface area contributed by atoms with E-state index in [1.807, 2.05) is 6.19 Å². The van der Waals surface area contributed by atoms with E-state index in [0.717, 1.165) is 12.3 Å². The number of nitriles is 1. The zero-order valence-electron chi connectivity index (χ0n) is 6.43. The van der Waals surface area contributed by atoms with E-state index < -0.39 is 0 Å². The van der Waals surface area contributed by atoms with Crippen molar-refractivity contribution in [2.45, 2.75) is 38.6 Å². The summed E-state index contributed by atoms with van der Waals surface area (Å²) < 4.78 is 0. The number of nitrogens with zero attached hydrogens (tertiary/aromatic N) is 1. The van der Waals surface area contributed by atoms with E-state index in [1.165, 1.54) is 19.3 Å². The summed E-state index contributed by atoms with van der Waals surface area (Å²) in [4.78, 5) is 0. The van der Waals surface area contributed by atoms with Crippen LogP contribution in [0.2, 0.25) is 0 Å². The average Bonchev–Trinajstić information content (AvgIpc) is 2.71. The summed E-state index contributed by atoms with van der Waals surface area (Å²) in [6.45, 7) is 2.12. The van der Waals surface area contributed by atoms with Gasteiger partial charge in [0, 0.05) is 6.04 Å². The molecule has 0 aliphatic heterocycles. The SMILES string of the molecule is CCC(CC1CC1)NC#N. The number of hydrogen-bond acceptors (Lipinski definition) is 2. The first-order valence-electron chi connectivity index (χ1n) is 4.01. The van der Waals surface area contributed by atoms with Gasteiger partial charge >= 0.3 is 0 Å². The maximum absolute atomic E-state index is 8.34. The molecule has 1 aliphatic carbocycles. The van der Waals surface area contributed by atoms with Crippen LogP contribution in [0.15, 0.2) is 0 Å². The molecule has 1 saturated carbocycles. The largest absolute Gasteiger partial charge is 0.321 e. The molecule has 2 heteroatoms. The van der Waals surface area contributed by atoms with E-state index in [1.54, 1.807) is 0 Å². The molecule has 0 radical (unpaired) electrons. The van der Waals surface area contributed by atoms with Crippen molar-refractivity contribution in [2.24, 2.45) is 5.92 Å². The Kier molecular flexibility index (Phi) is 2.56. The lowest BCUT2D eigenvalue weighted by Gasteiger charge is -2.10. The zero-order chi connectivity index (χ0) is 7.40. The van der Waals surface area contributed by atoms with Gasteiger partial charge in [-0.05, 0) is 18.8 Å². The molecule has 1 aliphatic rings. The first-order chi connectivity index (χ1) is 4.86. The lowest BCUT2D eigenvalue weighted by molar-refractivity contribution is 0.502. The van der Waals surface area contributed by atoms with Crippen LogP contribution in [0.25, 0.3) is 0 Å². The van der Waals surface area contributed by atoms with Gasteiger partial charge in [0.05, 0.1) is 0 Å². The third kappa shape index (κ3) is 2.26. The molecule has 0 aromatic rings. The van der Waals surface area contributed by atoms with Crippen molar-refractivity contribution < 1.29 is 0 Å². The van der Waals surface area contributed by atoms with E-state index in [2.05, 4.69) is 12.2 Å². The second kappa shape index (κ2) is 3.46. The number of nitrogens with one attached hydrogen (secondary N) is 1. The van der Waals surface area contributed by atoms with Gasteiger partial charge in [-0.15, -0.1) is 0 Å². The topological polar surface area (TPSA) is 35.8 Å². The van der Waals surface area contributed by atoms with Gasteiger partial charge in [-0.1, -0.05) is 19.8 Å². The molecule has 1 unspecified atom stereocenters. The minimum atomic E-state index is 0.442. The van der Waals surface area contributed by atoms with Gasteiger partial charge in [-0.3, -0.25) is 0 Å². The van der Waals surface area contributed by atoms with Crippen LogP contribution < -0.4 is 5.32 Å². The Morgan fingerprint density at radius 2 is 2.40 bits per heavy atom. The third-order valence-corrected chi connectivity index (χ3v) is 2.08. The standard InChI is InChI=1S/C8H14N2/c1-2-8(10-6-9)5-7-3-4-7/h7-8,10H,2-5H2,1H3. The van der Waals surface area contributed by atoms with Crippen LogP contribution in [-0.4, -0.2) is 6.04 Å². The van der Waals surface area contributed by atoms with E-state index in [-0.39, 0.29) is 0 Å². The fraction of sp³-hybridized carbons (Fsp3) is 0.875. The van der Waals surface area contributed by atoms with Crippen LogP contribution in [0, 0.1) is 17.4 Å². The second-order valence-electron chi connectivity index (χ2n) is 3.04. The van der Waals surface area contributed by atoms with Crippen LogP contribution in [0.4, 0.5) is 0 Å². The Balaban J connectivity index is 2.12. The summed E-state index contributed by atoms with van der Waals surface area (Å²) in [5.74, 6) is 0.922. The van der Waals surface area contributed by atoms with Crippen molar-refractivity contribution in [1.29, 1.82) is 5.26 Å². The predicted octanol–water partition coefficient (Wildman–Crippen LogP) is 1.64. The number of rotatable bonds is 4. The molecule has 10 heavy (non-hydrogen) atoms. The Morgan fingerprint density at radius 3 is 2.80 bits per heavy atom. The maximum Gasteiger partial charge on any atom is 0.176 e. The maximum atomic E-state index is 8.34. The number of hydrogen-bond donors (Lipinski definition) is 1. The molecule has 2 nitrogen and oxygen atoms in total. The molecule has 1 fully saturated rings. The highest BCUT2D eigenvalue weighted by molar-refractivity contribution is 4.82. The smallest absolute Gasteiger partial charge is 0.176 e. The van der Waals surface area contributed by atoms with Gasteiger partial charge < -0.3 is 5.32 Å². The molecule has 0 heterocycles. The predicted molar refractivity (Wildman–Crippen MR) is 40.2 cm³/mol. The molecule has 0 aromatic heterocycles. The normalized spacial score (nSPS) is 19.6. The Bertz CT molecular complexity index is 133. The minimum absolute atomic E-state index is 0.442. The van der Waals surface area contributed by atoms with Crippen LogP contribution >= 0.6 is 0 Å². The Labute approximate surface area is 62.2 Å². The van der Waals surface area contributed by atoms with E-state index >= 15 is 0 Å². The zero-order valence-corrected chi connectivity index (χ0v) is 6.43. The first-order valence-corrected chi connectivity index (χ1v) is 4.01. The Morgan fingerprint density at radius 1 is 1.70 bits per heavy atom. The van der Waals surface area contributed by atoms with Crippen molar-refractivity contribution in [3.63, 3.8) is 0 Å².